The first-order valence-corrected chi connectivity index (χ1v) is 5.70. The number of hydrogen-bond acceptors (Lipinski definition) is 5. The molecule has 1 rings (SSSR count). The zero-order valence-electron chi connectivity index (χ0n) is 11.4. The Balaban J connectivity index is 3.38. The molecule has 1 unspecified atom stereocenters. The van der Waals surface area contributed by atoms with E-state index >= 15 is 0 Å². The van der Waals surface area contributed by atoms with Crippen molar-refractivity contribution >= 4 is 5.97 Å². The second-order valence-electron chi connectivity index (χ2n) is 3.62. The van der Waals surface area contributed by atoms with Gasteiger partial charge in [-0.3, -0.25) is 0 Å². The lowest BCUT2D eigenvalue weighted by atomic mass is 10.1. The number of methoxy groups -OCH3 is 2. The van der Waals surface area contributed by atoms with Crippen LogP contribution in [-0.4, -0.2) is 20.2 Å². The van der Waals surface area contributed by atoms with Crippen molar-refractivity contribution in [3.05, 3.63) is 62.5 Å². The molecule has 1 atom stereocenters. The van der Waals surface area contributed by atoms with Gasteiger partial charge in [0.25, 0.3) is 0 Å². The fourth-order valence-electron chi connectivity index (χ4n) is 1.60. The van der Waals surface area contributed by atoms with E-state index in [1.54, 1.807) is 24.3 Å². The Morgan fingerprint density at radius 2 is 2.00 bits per heavy atom. The number of esters is 1. The summed E-state index contributed by atoms with van der Waals surface area (Å²) in [6.45, 7) is 0. The monoisotopic (exact) mass is 288 g/mol. The van der Waals surface area contributed by atoms with Gasteiger partial charge in [0.2, 0.25) is 0 Å². The van der Waals surface area contributed by atoms with Crippen LogP contribution in [0, 0.1) is 0 Å². The number of ether oxygens (including phenoxy) is 2. The van der Waals surface area contributed by atoms with E-state index in [0.717, 1.165) is 7.11 Å². The molecule has 0 bridgehead atoms. The highest BCUT2D eigenvalue weighted by atomic mass is 16.5. The van der Waals surface area contributed by atoms with E-state index in [0.29, 0.717) is 11.3 Å². The van der Waals surface area contributed by atoms with Crippen molar-refractivity contribution in [2.45, 2.75) is 6.04 Å². The van der Waals surface area contributed by atoms with Gasteiger partial charge in [0, 0.05) is 15.4 Å². The quantitative estimate of drug-likeness (QED) is 0.261. The van der Waals surface area contributed by atoms with Gasteiger partial charge in [-0.1, -0.05) is 34.5 Å². The van der Waals surface area contributed by atoms with Crippen LogP contribution in [0.5, 0.6) is 5.75 Å². The third kappa shape index (κ3) is 4.17. The van der Waals surface area contributed by atoms with E-state index in [2.05, 4.69) is 24.8 Å². The number of azide groups is 2. The highest BCUT2D eigenvalue weighted by Gasteiger charge is 2.16. The van der Waals surface area contributed by atoms with Crippen LogP contribution >= 0.6 is 0 Å². The molecule has 0 fully saturated rings. The summed E-state index contributed by atoms with van der Waals surface area (Å²) in [5.74, 6) is -0.364. The summed E-state index contributed by atoms with van der Waals surface area (Å²) in [6.07, 6.45) is 1.21. The summed E-state index contributed by atoms with van der Waals surface area (Å²) in [7, 11) is 2.61. The van der Waals surface area contributed by atoms with Gasteiger partial charge in [0.15, 0.2) is 0 Å². The topological polar surface area (TPSA) is 133 Å². The van der Waals surface area contributed by atoms with Crippen molar-refractivity contribution in [1.82, 2.24) is 0 Å². The summed E-state index contributed by atoms with van der Waals surface area (Å²) >= 11 is 0. The minimum absolute atomic E-state index is 0.302. The van der Waals surface area contributed by atoms with Crippen molar-refractivity contribution in [1.29, 1.82) is 0 Å². The molecule has 0 saturated heterocycles. The predicted molar refractivity (Wildman–Crippen MR) is 74.1 cm³/mol. The first-order valence-electron chi connectivity index (χ1n) is 5.70. The normalized spacial score (nSPS) is 11.6. The minimum Gasteiger partial charge on any atom is -0.496 e. The van der Waals surface area contributed by atoms with Gasteiger partial charge in [-0.25, -0.2) is 4.79 Å². The average molecular weight is 288 g/mol. The van der Waals surface area contributed by atoms with Gasteiger partial charge in [-0.15, -0.1) is 0 Å². The van der Waals surface area contributed by atoms with Crippen LogP contribution in [0.1, 0.15) is 11.6 Å². The van der Waals surface area contributed by atoms with Crippen LogP contribution in [0.25, 0.3) is 20.9 Å². The van der Waals surface area contributed by atoms with E-state index in [1.807, 2.05) is 0 Å². The van der Waals surface area contributed by atoms with E-state index in [1.165, 1.54) is 13.2 Å². The predicted octanol–water partition coefficient (Wildman–Crippen LogP) is 3.41. The molecule has 0 radical (unpaired) electrons. The molecule has 0 N–H and O–H groups in total. The summed E-state index contributed by atoms with van der Waals surface area (Å²) in [5.41, 5.74) is 17.4. The van der Waals surface area contributed by atoms with Crippen molar-refractivity contribution in [3.63, 3.8) is 0 Å². The molecule has 0 heterocycles. The molecule has 0 saturated carbocycles. The second kappa shape index (κ2) is 8.11. The van der Waals surface area contributed by atoms with Crippen molar-refractivity contribution in [3.8, 4) is 5.75 Å². The average Bonchev–Trinajstić information content (AvgIpc) is 2.53. The molecule has 21 heavy (non-hydrogen) atoms. The van der Waals surface area contributed by atoms with Crippen LogP contribution in [-0.2, 0) is 9.53 Å². The summed E-state index contributed by atoms with van der Waals surface area (Å²) in [6, 6.07) is 5.92. The van der Waals surface area contributed by atoms with Crippen molar-refractivity contribution in [2.24, 2.45) is 10.2 Å². The van der Waals surface area contributed by atoms with Gasteiger partial charge >= 0.3 is 5.97 Å². The SMILES string of the molecule is COC(=O)/C(=C/C(N=[N+]=[N-])c1ccccc1OC)N=[N+]=[N-]. The van der Waals surface area contributed by atoms with E-state index < -0.39 is 12.0 Å². The smallest absolute Gasteiger partial charge is 0.339 e. The highest BCUT2D eigenvalue weighted by molar-refractivity contribution is 5.88. The number of para-hydroxylation sites is 1. The summed E-state index contributed by atoms with van der Waals surface area (Å²) in [5, 5.41) is 6.82. The lowest BCUT2D eigenvalue weighted by Gasteiger charge is -2.12. The Morgan fingerprint density at radius 3 is 2.57 bits per heavy atom. The third-order valence-corrected chi connectivity index (χ3v) is 2.50. The molecular formula is C12H12N6O3. The minimum atomic E-state index is -0.884. The highest BCUT2D eigenvalue weighted by Crippen LogP contribution is 2.29. The lowest BCUT2D eigenvalue weighted by Crippen LogP contribution is -2.05. The van der Waals surface area contributed by atoms with Crippen LogP contribution in [0.3, 0.4) is 0 Å². The number of carbonyl (C=O) groups excluding carboxylic acids is 1. The zero-order chi connectivity index (χ0) is 15.7. The van der Waals surface area contributed by atoms with E-state index in [9.17, 15) is 4.79 Å². The first-order chi connectivity index (χ1) is 10.2. The van der Waals surface area contributed by atoms with Crippen LogP contribution < -0.4 is 4.74 Å². The Bertz CT molecular complexity index is 644. The fourth-order valence-corrected chi connectivity index (χ4v) is 1.60. The third-order valence-electron chi connectivity index (χ3n) is 2.50. The zero-order valence-corrected chi connectivity index (χ0v) is 11.4. The number of hydrogen-bond donors (Lipinski definition) is 0. The van der Waals surface area contributed by atoms with Gasteiger partial charge in [-0.05, 0) is 17.1 Å². The largest absolute Gasteiger partial charge is 0.496 e. The van der Waals surface area contributed by atoms with Gasteiger partial charge < -0.3 is 9.47 Å². The molecule has 0 aliphatic heterocycles. The standard InChI is InChI=1S/C12H12N6O3/c1-20-11-6-4-3-5-8(11)9(15-17-13)7-10(16-18-14)12(19)21-2/h3-7,9H,1-2H3/b10-7-. The summed E-state index contributed by atoms with van der Waals surface area (Å²) < 4.78 is 9.67. The molecule has 0 amide bonds. The molecule has 0 aliphatic carbocycles. The molecule has 1 aromatic rings. The number of carbonyl (C=O) groups is 1. The molecule has 9 nitrogen and oxygen atoms in total. The molecule has 108 valence electrons. The van der Waals surface area contributed by atoms with E-state index in [4.69, 9.17) is 15.8 Å². The molecule has 0 aliphatic rings. The molecule has 9 heteroatoms. The molecule has 0 aromatic heterocycles. The lowest BCUT2D eigenvalue weighted by molar-refractivity contribution is -0.136. The molecule has 1 aromatic carbocycles. The van der Waals surface area contributed by atoms with Crippen molar-refractivity contribution < 1.29 is 14.3 Å². The Morgan fingerprint density at radius 1 is 1.29 bits per heavy atom. The molecular weight excluding hydrogens is 276 g/mol. The van der Waals surface area contributed by atoms with E-state index in [-0.39, 0.29) is 5.70 Å². The van der Waals surface area contributed by atoms with Gasteiger partial charge in [-0.2, -0.15) is 0 Å². The van der Waals surface area contributed by atoms with Gasteiger partial charge in [0.1, 0.15) is 11.4 Å². The Hall–Kier alpha value is -3.15. The van der Waals surface area contributed by atoms with Crippen LogP contribution in [0.4, 0.5) is 0 Å². The van der Waals surface area contributed by atoms with Crippen LogP contribution in [0.15, 0.2) is 46.3 Å². The Labute approximate surface area is 120 Å². The maximum Gasteiger partial charge on any atom is 0.339 e. The van der Waals surface area contributed by atoms with Crippen molar-refractivity contribution in [2.75, 3.05) is 14.2 Å². The van der Waals surface area contributed by atoms with Gasteiger partial charge in [0.05, 0.1) is 20.3 Å². The first kappa shape index (κ1) is 15.9. The maximum absolute atomic E-state index is 11.5. The summed E-state index contributed by atoms with van der Waals surface area (Å²) in [4.78, 5) is 16.8. The number of rotatable bonds is 6. The Kier molecular flexibility index (Phi) is 6.14. The number of benzene rings is 1. The number of nitrogens with zero attached hydrogens (tertiary/aromatic N) is 6. The van der Waals surface area contributed by atoms with Crippen LogP contribution in [0.2, 0.25) is 0 Å². The maximum atomic E-state index is 11.5. The molecule has 0 spiro atoms. The second-order valence-corrected chi connectivity index (χ2v) is 3.62. The fraction of sp³-hybridized carbons (Fsp3) is 0.250.